The minimum Gasteiger partial charge on any atom is -0.397 e. The molecule has 14 heavy (non-hydrogen) atoms. The second kappa shape index (κ2) is 6.28. The molecule has 0 fully saturated rings. The topological polar surface area (TPSA) is 63.4 Å². The van der Waals surface area contributed by atoms with Crippen LogP contribution < -0.4 is 0 Å². The van der Waals surface area contributed by atoms with Gasteiger partial charge in [-0.1, -0.05) is 11.6 Å². The maximum atomic E-state index is 12.4. The Kier molecular flexibility index (Phi) is 5.74. The van der Waals surface area contributed by atoms with E-state index in [4.69, 9.17) is 16.7 Å². The highest BCUT2D eigenvalue weighted by molar-refractivity contribution is 6.30. The Morgan fingerprint density at radius 2 is 2.14 bits per heavy atom. The molecule has 0 amide bonds. The van der Waals surface area contributed by atoms with Gasteiger partial charge in [-0.2, -0.15) is 0 Å². The molecule has 0 bridgehead atoms. The summed E-state index contributed by atoms with van der Waals surface area (Å²) in [6, 6.07) is 2.98. The molecule has 6 heteroatoms. The molecule has 4 nitrogen and oxygen atoms in total. The fraction of sp³-hybridized carbons (Fsp3) is 0.250. The third kappa shape index (κ3) is 4.15. The van der Waals surface area contributed by atoms with Gasteiger partial charge < -0.3 is 5.11 Å². The van der Waals surface area contributed by atoms with Crippen molar-refractivity contribution in [3.8, 4) is 0 Å². The SMILES string of the molecule is CCO.O=[N+]([O-])c1ccc(F)c(Cl)c1. The zero-order chi connectivity index (χ0) is 11.1. The summed E-state index contributed by atoms with van der Waals surface area (Å²) in [5.74, 6) is -0.655. The number of non-ortho nitro benzene ring substituents is 1. The van der Waals surface area contributed by atoms with E-state index in [1.165, 1.54) is 0 Å². The summed E-state index contributed by atoms with van der Waals surface area (Å²) < 4.78 is 12.4. The minimum atomic E-state index is -0.655. The third-order valence-corrected chi connectivity index (χ3v) is 1.40. The van der Waals surface area contributed by atoms with E-state index in [0.29, 0.717) is 0 Å². The van der Waals surface area contributed by atoms with Crippen molar-refractivity contribution in [1.82, 2.24) is 0 Å². The van der Waals surface area contributed by atoms with E-state index in [0.717, 1.165) is 18.2 Å². The summed E-state index contributed by atoms with van der Waals surface area (Å²) in [4.78, 5) is 9.46. The Bertz CT molecular complexity index is 319. The first-order chi connectivity index (χ1) is 6.52. The van der Waals surface area contributed by atoms with Gasteiger partial charge in [0.15, 0.2) is 0 Å². The van der Waals surface area contributed by atoms with Crippen molar-refractivity contribution in [2.24, 2.45) is 0 Å². The number of nitro benzene ring substituents is 1. The fourth-order valence-electron chi connectivity index (χ4n) is 0.599. The second-order valence-corrected chi connectivity index (χ2v) is 2.58. The van der Waals surface area contributed by atoms with Crippen LogP contribution in [-0.2, 0) is 0 Å². The number of aliphatic hydroxyl groups is 1. The van der Waals surface area contributed by atoms with Crippen molar-refractivity contribution >= 4 is 17.3 Å². The van der Waals surface area contributed by atoms with Gasteiger partial charge in [0, 0.05) is 18.7 Å². The van der Waals surface area contributed by atoms with E-state index in [1.54, 1.807) is 6.92 Å². The first-order valence-corrected chi connectivity index (χ1v) is 4.11. The van der Waals surface area contributed by atoms with Crippen molar-refractivity contribution < 1.29 is 14.4 Å². The Labute approximate surface area is 85.1 Å². The van der Waals surface area contributed by atoms with Crippen molar-refractivity contribution in [1.29, 1.82) is 0 Å². The highest BCUT2D eigenvalue weighted by Crippen LogP contribution is 2.20. The molecule has 0 saturated carbocycles. The fourth-order valence-corrected chi connectivity index (χ4v) is 0.773. The molecular formula is C8H9ClFNO3. The molecule has 0 saturated heterocycles. The molecule has 0 radical (unpaired) electrons. The van der Waals surface area contributed by atoms with Gasteiger partial charge in [-0.05, 0) is 13.0 Å². The van der Waals surface area contributed by atoms with Crippen LogP contribution in [0.5, 0.6) is 0 Å². The molecule has 1 rings (SSSR count). The largest absolute Gasteiger partial charge is 0.397 e. The standard InChI is InChI=1S/C6H3ClFNO2.C2H6O/c7-5-3-4(9(10)11)1-2-6(5)8;1-2-3/h1-3H;3H,2H2,1H3. The van der Waals surface area contributed by atoms with E-state index >= 15 is 0 Å². The number of nitrogens with zero attached hydrogens (tertiary/aromatic N) is 1. The molecule has 0 unspecified atom stereocenters. The van der Waals surface area contributed by atoms with E-state index in [1.807, 2.05) is 0 Å². The average Bonchev–Trinajstić information content (AvgIpc) is 2.10. The van der Waals surface area contributed by atoms with Gasteiger partial charge in [0.1, 0.15) is 5.82 Å². The zero-order valence-electron chi connectivity index (χ0n) is 7.41. The normalized spacial score (nSPS) is 8.86. The lowest BCUT2D eigenvalue weighted by atomic mass is 10.3. The van der Waals surface area contributed by atoms with Crippen molar-refractivity contribution in [2.75, 3.05) is 6.61 Å². The van der Waals surface area contributed by atoms with Crippen LogP contribution in [-0.4, -0.2) is 16.6 Å². The van der Waals surface area contributed by atoms with Gasteiger partial charge in [-0.3, -0.25) is 10.1 Å². The van der Waals surface area contributed by atoms with E-state index in [-0.39, 0.29) is 17.3 Å². The molecule has 0 aromatic heterocycles. The van der Waals surface area contributed by atoms with Crippen LogP contribution >= 0.6 is 11.6 Å². The second-order valence-electron chi connectivity index (χ2n) is 2.17. The van der Waals surface area contributed by atoms with E-state index in [2.05, 4.69) is 0 Å². The van der Waals surface area contributed by atoms with Crippen LogP contribution in [0.4, 0.5) is 10.1 Å². The lowest BCUT2D eigenvalue weighted by Crippen LogP contribution is -1.87. The summed E-state index contributed by atoms with van der Waals surface area (Å²) in [5, 5.41) is 17.4. The summed E-state index contributed by atoms with van der Waals surface area (Å²) >= 11 is 5.28. The number of rotatable bonds is 1. The van der Waals surface area contributed by atoms with Gasteiger partial charge >= 0.3 is 0 Å². The molecule has 0 aliphatic carbocycles. The van der Waals surface area contributed by atoms with Gasteiger partial charge in [-0.15, -0.1) is 0 Å². The Morgan fingerprint density at radius 1 is 1.64 bits per heavy atom. The van der Waals surface area contributed by atoms with Crippen LogP contribution in [0.3, 0.4) is 0 Å². The molecule has 1 N–H and O–H groups in total. The summed E-state index contributed by atoms with van der Waals surface area (Å²) in [6.45, 7) is 1.93. The Hall–Kier alpha value is -1.20. The Morgan fingerprint density at radius 3 is 2.50 bits per heavy atom. The number of aliphatic hydroxyl groups excluding tert-OH is 1. The van der Waals surface area contributed by atoms with Gasteiger partial charge in [0.25, 0.3) is 5.69 Å². The minimum absolute atomic E-state index is 0.212. The summed E-state index contributed by atoms with van der Waals surface area (Å²) in [7, 11) is 0. The molecular weight excluding hydrogens is 213 g/mol. The number of halogens is 2. The van der Waals surface area contributed by atoms with Crippen LogP contribution in [0, 0.1) is 15.9 Å². The van der Waals surface area contributed by atoms with Gasteiger partial charge in [0.05, 0.1) is 9.95 Å². The first-order valence-electron chi connectivity index (χ1n) is 3.73. The van der Waals surface area contributed by atoms with Crippen LogP contribution in [0.15, 0.2) is 18.2 Å². The lowest BCUT2D eigenvalue weighted by Gasteiger charge is -1.92. The number of hydrogen-bond acceptors (Lipinski definition) is 3. The average molecular weight is 222 g/mol. The monoisotopic (exact) mass is 221 g/mol. The molecule has 78 valence electrons. The summed E-state index contributed by atoms with van der Waals surface area (Å²) in [5.41, 5.74) is -0.212. The van der Waals surface area contributed by atoms with Crippen molar-refractivity contribution in [2.45, 2.75) is 6.92 Å². The van der Waals surface area contributed by atoms with E-state index < -0.39 is 10.7 Å². The quantitative estimate of drug-likeness (QED) is 0.585. The van der Waals surface area contributed by atoms with Crippen molar-refractivity contribution in [3.63, 3.8) is 0 Å². The molecule has 0 spiro atoms. The predicted molar refractivity (Wildman–Crippen MR) is 50.8 cm³/mol. The highest BCUT2D eigenvalue weighted by Gasteiger charge is 2.07. The molecule has 0 aliphatic heterocycles. The smallest absolute Gasteiger partial charge is 0.271 e. The first kappa shape index (κ1) is 12.8. The predicted octanol–water partition coefficient (Wildman–Crippen LogP) is 2.39. The molecule has 1 aromatic carbocycles. The van der Waals surface area contributed by atoms with Crippen LogP contribution in [0.2, 0.25) is 5.02 Å². The maximum Gasteiger partial charge on any atom is 0.271 e. The number of benzene rings is 1. The van der Waals surface area contributed by atoms with Crippen LogP contribution in [0.1, 0.15) is 6.92 Å². The Balaban J connectivity index is 0.000000500. The molecule has 0 heterocycles. The number of hydrogen-bond donors (Lipinski definition) is 1. The third-order valence-electron chi connectivity index (χ3n) is 1.11. The van der Waals surface area contributed by atoms with Crippen molar-refractivity contribution in [3.05, 3.63) is 39.2 Å². The molecule has 1 aromatic rings. The highest BCUT2D eigenvalue weighted by atomic mass is 35.5. The zero-order valence-corrected chi connectivity index (χ0v) is 8.16. The maximum absolute atomic E-state index is 12.4. The number of nitro groups is 1. The van der Waals surface area contributed by atoms with Crippen LogP contribution in [0.25, 0.3) is 0 Å². The lowest BCUT2D eigenvalue weighted by molar-refractivity contribution is -0.384. The van der Waals surface area contributed by atoms with Gasteiger partial charge in [0.2, 0.25) is 0 Å². The molecule has 0 aliphatic rings. The molecule has 0 atom stereocenters. The van der Waals surface area contributed by atoms with Gasteiger partial charge in [-0.25, -0.2) is 4.39 Å². The summed E-state index contributed by atoms with van der Waals surface area (Å²) in [6.07, 6.45) is 0. The van der Waals surface area contributed by atoms with E-state index in [9.17, 15) is 14.5 Å².